The lowest BCUT2D eigenvalue weighted by molar-refractivity contribution is 0.216. The molecule has 0 fully saturated rings. The molecule has 12 heavy (non-hydrogen) atoms. The third-order valence-electron chi connectivity index (χ3n) is 0.974. The van der Waals surface area contributed by atoms with Crippen LogP contribution in [0.4, 0.5) is 0 Å². The highest BCUT2D eigenvalue weighted by atomic mass is 35.6. The number of hydrogen-bond donors (Lipinski definition) is 0. The van der Waals surface area contributed by atoms with Crippen LogP contribution in [0.3, 0.4) is 0 Å². The van der Waals surface area contributed by atoms with Gasteiger partial charge in [0.25, 0.3) is 15.3 Å². The van der Waals surface area contributed by atoms with E-state index in [-0.39, 0.29) is 0 Å². The zero-order valence-corrected chi connectivity index (χ0v) is 11.5. The van der Waals surface area contributed by atoms with E-state index in [0.717, 1.165) is 0 Å². The average Bonchev–Trinajstić information content (AvgIpc) is 1.76. The molecule has 0 bridgehead atoms. The largest absolute Gasteiger partial charge is 0.401 e. The Balaban J connectivity index is 3.35. The molecular weight excluding hydrogens is 231 g/mol. The van der Waals surface area contributed by atoms with Crippen LogP contribution < -0.4 is 0 Å². The van der Waals surface area contributed by atoms with Crippen molar-refractivity contribution >= 4 is 37.4 Å². The molecule has 0 aliphatic heterocycles. The fourth-order valence-electron chi connectivity index (χ4n) is 0.569. The summed E-state index contributed by atoms with van der Waals surface area (Å²) < 4.78 is 10.7. The highest BCUT2D eigenvalue weighted by molar-refractivity contribution is 7.15. The standard InChI is InChI=1S/C6H16Cl2O2Si2/c1-11(2,7)9-5-6-10-12(3,4)8/h5-6H2,1-4H3. The Kier molecular flexibility index (Phi) is 5.36. The lowest BCUT2D eigenvalue weighted by Gasteiger charge is -2.17. The van der Waals surface area contributed by atoms with Crippen molar-refractivity contribution in [2.24, 2.45) is 0 Å². The first-order valence-electron chi connectivity index (χ1n) is 3.86. The molecule has 0 N–H and O–H groups in total. The summed E-state index contributed by atoms with van der Waals surface area (Å²) in [5, 5.41) is 0. The molecule has 0 aromatic carbocycles. The van der Waals surface area contributed by atoms with Crippen molar-refractivity contribution in [3.8, 4) is 0 Å². The summed E-state index contributed by atoms with van der Waals surface area (Å²) in [4.78, 5) is 0. The van der Waals surface area contributed by atoms with E-state index in [1.54, 1.807) is 0 Å². The summed E-state index contributed by atoms with van der Waals surface area (Å²) in [6.45, 7) is 8.81. The van der Waals surface area contributed by atoms with Crippen LogP contribution in [-0.2, 0) is 8.85 Å². The Labute approximate surface area is 85.8 Å². The van der Waals surface area contributed by atoms with Gasteiger partial charge in [0.05, 0.1) is 13.2 Å². The van der Waals surface area contributed by atoms with E-state index in [9.17, 15) is 0 Å². The van der Waals surface area contributed by atoms with Crippen molar-refractivity contribution in [3.05, 3.63) is 0 Å². The predicted octanol–water partition coefficient (Wildman–Crippen LogP) is 2.90. The molecule has 0 aliphatic carbocycles. The smallest absolute Gasteiger partial charge is 0.283 e. The summed E-state index contributed by atoms with van der Waals surface area (Å²) in [6.07, 6.45) is 0. The summed E-state index contributed by atoms with van der Waals surface area (Å²) >= 11 is 11.8. The van der Waals surface area contributed by atoms with Gasteiger partial charge >= 0.3 is 0 Å². The van der Waals surface area contributed by atoms with Crippen LogP contribution in [0.1, 0.15) is 0 Å². The van der Waals surface area contributed by atoms with Crippen molar-refractivity contribution in [3.63, 3.8) is 0 Å². The monoisotopic (exact) mass is 246 g/mol. The summed E-state index contributed by atoms with van der Waals surface area (Å²) in [5.74, 6) is 0. The fraction of sp³-hybridized carbons (Fsp3) is 1.00. The molecule has 0 saturated carbocycles. The fourth-order valence-corrected chi connectivity index (χ4v) is 2.17. The Morgan fingerprint density at radius 2 is 1.08 bits per heavy atom. The van der Waals surface area contributed by atoms with Crippen LogP contribution in [0, 0.1) is 0 Å². The van der Waals surface area contributed by atoms with E-state index >= 15 is 0 Å². The predicted molar refractivity (Wildman–Crippen MR) is 58.6 cm³/mol. The second-order valence-corrected chi connectivity index (χ2v) is 14.9. The number of halogens is 2. The van der Waals surface area contributed by atoms with Gasteiger partial charge in [0.2, 0.25) is 0 Å². The maximum absolute atomic E-state index is 5.92. The second kappa shape index (κ2) is 4.98. The van der Waals surface area contributed by atoms with Crippen molar-refractivity contribution < 1.29 is 8.85 Å². The van der Waals surface area contributed by atoms with Gasteiger partial charge in [-0.1, -0.05) is 0 Å². The third kappa shape index (κ3) is 10.9. The maximum atomic E-state index is 5.92. The molecule has 6 heteroatoms. The number of rotatable bonds is 5. The van der Waals surface area contributed by atoms with Crippen LogP contribution in [0.2, 0.25) is 26.2 Å². The molecule has 2 nitrogen and oxygen atoms in total. The Morgan fingerprint density at radius 3 is 1.25 bits per heavy atom. The molecule has 0 rings (SSSR count). The molecule has 0 aromatic heterocycles. The first kappa shape index (κ1) is 12.9. The SMILES string of the molecule is C[Si](C)(Cl)OCCO[Si](C)(C)Cl. The molecule has 0 saturated heterocycles. The third-order valence-corrected chi connectivity index (χ3v) is 3.41. The summed E-state index contributed by atoms with van der Waals surface area (Å²) in [7, 11) is -3.78. The zero-order chi connectivity index (χ0) is 9.83. The Morgan fingerprint density at radius 1 is 0.833 bits per heavy atom. The molecule has 0 aliphatic rings. The van der Waals surface area contributed by atoms with Gasteiger partial charge in [0.1, 0.15) is 0 Å². The molecule has 0 aromatic rings. The van der Waals surface area contributed by atoms with E-state index in [1.165, 1.54) is 0 Å². The molecule has 74 valence electrons. The lowest BCUT2D eigenvalue weighted by atomic mass is 10.8. The Hall–Kier alpha value is 0.934. The number of hydrogen-bond acceptors (Lipinski definition) is 2. The van der Waals surface area contributed by atoms with Crippen molar-refractivity contribution in [1.29, 1.82) is 0 Å². The van der Waals surface area contributed by atoms with E-state index in [1.807, 2.05) is 26.2 Å². The first-order chi connectivity index (χ1) is 5.21. The van der Waals surface area contributed by atoms with Gasteiger partial charge in [-0.2, -0.15) is 0 Å². The van der Waals surface area contributed by atoms with Gasteiger partial charge in [-0.05, 0) is 26.2 Å². The average molecular weight is 247 g/mol. The van der Waals surface area contributed by atoms with E-state index in [4.69, 9.17) is 31.0 Å². The topological polar surface area (TPSA) is 18.5 Å². The van der Waals surface area contributed by atoms with E-state index in [0.29, 0.717) is 13.2 Å². The highest BCUT2D eigenvalue weighted by Crippen LogP contribution is 2.11. The molecule has 0 unspecified atom stereocenters. The highest BCUT2D eigenvalue weighted by Gasteiger charge is 2.20. The van der Waals surface area contributed by atoms with Gasteiger partial charge in [-0.15, -0.1) is 22.2 Å². The molecule has 0 amide bonds. The van der Waals surface area contributed by atoms with Crippen molar-refractivity contribution in [2.75, 3.05) is 13.2 Å². The van der Waals surface area contributed by atoms with Gasteiger partial charge in [-0.25, -0.2) is 0 Å². The molecule has 0 radical (unpaired) electrons. The van der Waals surface area contributed by atoms with Crippen LogP contribution in [0.5, 0.6) is 0 Å². The second-order valence-electron chi connectivity index (χ2n) is 3.42. The van der Waals surface area contributed by atoms with Gasteiger partial charge in [-0.3, -0.25) is 0 Å². The quantitative estimate of drug-likeness (QED) is 0.422. The van der Waals surface area contributed by atoms with Gasteiger partial charge in [0, 0.05) is 0 Å². The zero-order valence-electron chi connectivity index (χ0n) is 7.99. The summed E-state index contributed by atoms with van der Waals surface area (Å²) in [5.41, 5.74) is 0. The van der Waals surface area contributed by atoms with Gasteiger partial charge < -0.3 is 8.85 Å². The molecule has 0 spiro atoms. The molecule has 0 heterocycles. The lowest BCUT2D eigenvalue weighted by Crippen LogP contribution is -2.29. The van der Waals surface area contributed by atoms with Crippen LogP contribution in [0.15, 0.2) is 0 Å². The minimum Gasteiger partial charge on any atom is -0.401 e. The Bertz CT molecular complexity index is 114. The molecular formula is C6H16Cl2O2Si2. The minimum absolute atomic E-state index is 0.547. The van der Waals surface area contributed by atoms with E-state index in [2.05, 4.69) is 0 Å². The van der Waals surface area contributed by atoms with Gasteiger partial charge in [0.15, 0.2) is 0 Å². The summed E-state index contributed by atoms with van der Waals surface area (Å²) in [6, 6.07) is 0. The van der Waals surface area contributed by atoms with Crippen LogP contribution >= 0.6 is 22.2 Å². The normalized spacial score (nSPS) is 13.5. The van der Waals surface area contributed by atoms with E-state index < -0.39 is 15.3 Å². The van der Waals surface area contributed by atoms with Crippen molar-refractivity contribution in [1.82, 2.24) is 0 Å². The van der Waals surface area contributed by atoms with Crippen LogP contribution in [-0.4, -0.2) is 28.5 Å². The van der Waals surface area contributed by atoms with Crippen LogP contribution in [0.25, 0.3) is 0 Å². The molecule has 0 atom stereocenters. The minimum atomic E-state index is -1.89. The maximum Gasteiger partial charge on any atom is 0.283 e. The first-order valence-corrected chi connectivity index (χ1v) is 11.7. The van der Waals surface area contributed by atoms with Crippen molar-refractivity contribution in [2.45, 2.75) is 26.2 Å².